The number of β-amino-alcohol motifs (C(OH)–C–C–N with tert-alkyl or cyclic N) is 1. The van der Waals surface area contributed by atoms with E-state index >= 15 is 0 Å². The van der Waals surface area contributed by atoms with Gasteiger partial charge in [0.25, 0.3) is 0 Å². The lowest BCUT2D eigenvalue weighted by Gasteiger charge is -2.25. The Morgan fingerprint density at radius 3 is 2.75 bits per heavy atom. The molecule has 1 aliphatic heterocycles. The zero-order valence-corrected chi connectivity index (χ0v) is 9.21. The Balaban J connectivity index is 2.15. The molecule has 0 bridgehead atoms. The van der Waals surface area contributed by atoms with Crippen molar-refractivity contribution in [3.05, 3.63) is 35.9 Å². The van der Waals surface area contributed by atoms with Crippen molar-refractivity contribution in [3.63, 3.8) is 0 Å². The molecule has 0 aliphatic carbocycles. The molecular formula is C13H16N2O. The van der Waals surface area contributed by atoms with E-state index in [1.807, 2.05) is 30.3 Å². The van der Waals surface area contributed by atoms with Crippen LogP contribution in [0.3, 0.4) is 0 Å². The molecule has 0 aromatic heterocycles. The van der Waals surface area contributed by atoms with E-state index in [2.05, 4.69) is 11.0 Å². The highest BCUT2D eigenvalue weighted by Crippen LogP contribution is 2.27. The number of likely N-dealkylation sites (tertiary alicyclic amines) is 1. The summed E-state index contributed by atoms with van der Waals surface area (Å²) in [5.41, 5.74) is 1.16. The Hall–Kier alpha value is -1.37. The maximum absolute atomic E-state index is 9.54. The third-order valence-corrected chi connectivity index (χ3v) is 3.10. The van der Waals surface area contributed by atoms with Crippen molar-refractivity contribution in [1.29, 1.82) is 5.26 Å². The zero-order valence-electron chi connectivity index (χ0n) is 9.21. The van der Waals surface area contributed by atoms with E-state index in [1.165, 1.54) is 0 Å². The molecule has 84 valence electrons. The fourth-order valence-electron chi connectivity index (χ4n) is 2.27. The molecule has 2 atom stereocenters. The van der Waals surface area contributed by atoms with Gasteiger partial charge in [-0.25, -0.2) is 0 Å². The summed E-state index contributed by atoms with van der Waals surface area (Å²) in [5.74, 6) is 0. The molecule has 1 saturated heterocycles. The molecule has 2 rings (SSSR count). The number of aliphatic hydroxyl groups excluding tert-OH is 1. The number of hydrogen-bond acceptors (Lipinski definition) is 3. The molecule has 1 aliphatic rings. The van der Waals surface area contributed by atoms with Crippen LogP contribution in [0.25, 0.3) is 0 Å². The highest BCUT2D eigenvalue weighted by molar-refractivity contribution is 5.20. The van der Waals surface area contributed by atoms with Crippen LogP contribution in [-0.2, 0) is 0 Å². The largest absolute Gasteiger partial charge is 0.392 e. The molecule has 16 heavy (non-hydrogen) atoms. The Kier molecular flexibility index (Phi) is 3.55. The van der Waals surface area contributed by atoms with Gasteiger partial charge in [-0.3, -0.25) is 4.90 Å². The van der Waals surface area contributed by atoms with Gasteiger partial charge < -0.3 is 5.11 Å². The van der Waals surface area contributed by atoms with Gasteiger partial charge in [0, 0.05) is 19.1 Å². The predicted molar refractivity (Wildman–Crippen MR) is 61.6 cm³/mol. The molecule has 0 spiro atoms. The predicted octanol–water partition coefficient (Wildman–Crippen LogP) is 1.71. The molecule has 1 fully saturated rings. The maximum Gasteiger partial charge on any atom is 0.0679 e. The van der Waals surface area contributed by atoms with Gasteiger partial charge in [0.2, 0.25) is 0 Å². The first-order chi connectivity index (χ1) is 7.81. The minimum Gasteiger partial charge on any atom is -0.392 e. The van der Waals surface area contributed by atoms with Gasteiger partial charge in [-0.05, 0) is 12.0 Å². The smallest absolute Gasteiger partial charge is 0.0679 e. The monoisotopic (exact) mass is 216 g/mol. The van der Waals surface area contributed by atoms with E-state index in [-0.39, 0.29) is 12.1 Å². The quantitative estimate of drug-likeness (QED) is 0.836. The molecule has 1 N–H and O–H groups in total. The molecule has 2 unspecified atom stereocenters. The number of benzene rings is 1. The van der Waals surface area contributed by atoms with Crippen molar-refractivity contribution in [2.75, 3.05) is 13.1 Å². The topological polar surface area (TPSA) is 47.3 Å². The molecule has 1 heterocycles. The van der Waals surface area contributed by atoms with Crippen molar-refractivity contribution < 1.29 is 5.11 Å². The minimum atomic E-state index is -0.232. The van der Waals surface area contributed by atoms with Crippen molar-refractivity contribution in [3.8, 4) is 6.07 Å². The van der Waals surface area contributed by atoms with Crippen LogP contribution < -0.4 is 0 Å². The summed E-state index contributed by atoms with van der Waals surface area (Å²) >= 11 is 0. The van der Waals surface area contributed by atoms with Crippen LogP contribution >= 0.6 is 0 Å². The van der Waals surface area contributed by atoms with Gasteiger partial charge in [0.05, 0.1) is 18.6 Å². The highest BCUT2D eigenvalue weighted by atomic mass is 16.3. The average molecular weight is 216 g/mol. The van der Waals surface area contributed by atoms with Crippen molar-refractivity contribution in [1.82, 2.24) is 4.90 Å². The first-order valence-corrected chi connectivity index (χ1v) is 5.65. The lowest BCUT2D eigenvalue weighted by molar-refractivity contribution is 0.159. The number of aliphatic hydroxyl groups is 1. The average Bonchev–Trinajstić information content (AvgIpc) is 2.74. The fourth-order valence-corrected chi connectivity index (χ4v) is 2.27. The van der Waals surface area contributed by atoms with Gasteiger partial charge in [-0.15, -0.1) is 0 Å². The Morgan fingerprint density at radius 1 is 1.44 bits per heavy atom. The van der Waals surface area contributed by atoms with Gasteiger partial charge in [0.1, 0.15) is 0 Å². The third-order valence-electron chi connectivity index (χ3n) is 3.10. The van der Waals surface area contributed by atoms with Crippen LogP contribution in [0, 0.1) is 11.3 Å². The third kappa shape index (κ3) is 2.41. The highest BCUT2D eigenvalue weighted by Gasteiger charge is 2.27. The molecule has 1 aromatic carbocycles. The van der Waals surface area contributed by atoms with E-state index in [0.29, 0.717) is 13.0 Å². The van der Waals surface area contributed by atoms with E-state index < -0.39 is 0 Å². The molecule has 3 heteroatoms. The lowest BCUT2D eigenvalue weighted by atomic mass is 10.0. The maximum atomic E-state index is 9.54. The number of nitriles is 1. The minimum absolute atomic E-state index is 0.128. The van der Waals surface area contributed by atoms with Gasteiger partial charge in [-0.1, -0.05) is 30.3 Å². The van der Waals surface area contributed by atoms with Crippen LogP contribution in [0.1, 0.15) is 24.4 Å². The van der Waals surface area contributed by atoms with Crippen LogP contribution in [0.2, 0.25) is 0 Å². The van der Waals surface area contributed by atoms with Crippen molar-refractivity contribution in [2.45, 2.75) is 25.0 Å². The normalized spacial score (nSPS) is 22.9. The fraction of sp³-hybridized carbons (Fsp3) is 0.462. The molecule has 0 saturated carbocycles. The van der Waals surface area contributed by atoms with Gasteiger partial charge in [0.15, 0.2) is 0 Å². The summed E-state index contributed by atoms with van der Waals surface area (Å²) in [6.07, 6.45) is 1.07. The summed E-state index contributed by atoms with van der Waals surface area (Å²) < 4.78 is 0. The SMILES string of the molecule is N#CCC(c1ccccc1)N1CCC(O)C1. The van der Waals surface area contributed by atoms with Crippen molar-refractivity contribution in [2.24, 2.45) is 0 Å². The van der Waals surface area contributed by atoms with Gasteiger partial charge in [-0.2, -0.15) is 5.26 Å². The second-order valence-electron chi connectivity index (χ2n) is 4.23. The molecule has 0 amide bonds. The second kappa shape index (κ2) is 5.11. The second-order valence-corrected chi connectivity index (χ2v) is 4.23. The number of hydrogen-bond donors (Lipinski definition) is 1. The molecular weight excluding hydrogens is 200 g/mol. The summed E-state index contributed by atoms with van der Waals surface area (Å²) in [4.78, 5) is 2.20. The molecule has 3 nitrogen and oxygen atoms in total. The number of nitrogens with zero attached hydrogens (tertiary/aromatic N) is 2. The molecule has 1 aromatic rings. The first-order valence-electron chi connectivity index (χ1n) is 5.65. The van der Waals surface area contributed by atoms with Crippen molar-refractivity contribution >= 4 is 0 Å². The van der Waals surface area contributed by atoms with E-state index in [1.54, 1.807) is 0 Å². The summed E-state index contributed by atoms with van der Waals surface area (Å²) in [5, 5.41) is 18.4. The van der Waals surface area contributed by atoms with E-state index in [0.717, 1.165) is 18.5 Å². The summed E-state index contributed by atoms with van der Waals surface area (Å²) in [6.45, 7) is 1.56. The van der Waals surface area contributed by atoms with E-state index in [4.69, 9.17) is 5.26 Å². The van der Waals surface area contributed by atoms with Crippen LogP contribution in [0.5, 0.6) is 0 Å². The van der Waals surface area contributed by atoms with Crippen LogP contribution in [0.4, 0.5) is 0 Å². The summed E-state index contributed by atoms with van der Waals surface area (Å²) in [6, 6.07) is 12.4. The zero-order chi connectivity index (χ0) is 11.4. The van der Waals surface area contributed by atoms with Crippen LogP contribution in [-0.4, -0.2) is 29.2 Å². The molecule has 0 radical (unpaired) electrons. The Bertz CT molecular complexity index is 371. The van der Waals surface area contributed by atoms with E-state index in [9.17, 15) is 5.11 Å². The van der Waals surface area contributed by atoms with Crippen LogP contribution in [0.15, 0.2) is 30.3 Å². The number of rotatable bonds is 3. The standard InChI is InChI=1S/C13H16N2O/c14-8-6-13(11-4-2-1-3-5-11)15-9-7-12(16)10-15/h1-5,12-13,16H,6-7,9-10H2. The first kappa shape index (κ1) is 11.1. The van der Waals surface area contributed by atoms with Gasteiger partial charge >= 0.3 is 0 Å². The Labute approximate surface area is 95.9 Å². The lowest BCUT2D eigenvalue weighted by Crippen LogP contribution is -2.27. The Morgan fingerprint density at radius 2 is 2.19 bits per heavy atom. The summed E-state index contributed by atoms with van der Waals surface area (Å²) in [7, 11) is 0.